The monoisotopic (exact) mass is 248 g/mol. The van der Waals surface area contributed by atoms with E-state index in [-0.39, 0.29) is 12.1 Å². The average molecular weight is 248 g/mol. The molecule has 1 atom stereocenters. The SMILES string of the molecule is CN1CCN(C(=O)Nc2ccccc2)CC1CN. The molecule has 0 spiro atoms. The second kappa shape index (κ2) is 5.84. The first-order chi connectivity index (χ1) is 8.70. The standard InChI is InChI=1S/C13H20N4O/c1-16-7-8-17(10-12(16)9-14)13(18)15-11-5-3-2-4-6-11/h2-6,12H,7-10,14H2,1H3,(H,15,18). The number of likely N-dealkylation sites (N-methyl/N-ethyl adjacent to an activating group) is 1. The first-order valence-electron chi connectivity index (χ1n) is 6.22. The molecule has 98 valence electrons. The average Bonchev–Trinajstić information content (AvgIpc) is 2.40. The lowest BCUT2D eigenvalue weighted by Gasteiger charge is -2.38. The summed E-state index contributed by atoms with van der Waals surface area (Å²) in [6, 6.07) is 9.71. The molecule has 1 aliphatic heterocycles. The summed E-state index contributed by atoms with van der Waals surface area (Å²) < 4.78 is 0. The molecule has 18 heavy (non-hydrogen) atoms. The van der Waals surface area contributed by atoms with Crippen LogP contribution in [0.15, 0.2) is 30.3 Å². The van der Waals surface area contributed by atoms with Crippen LogP contribution in [0.3, 0.4) is 0 Å². The molecule has 0 aromatic heterocycles. The molecular weight excluding hydrogens is 228 g/mol. The number of para-hydroxylation sites is 1. The van der Waals surface area contributed by atoms with Gasteiger partial charge in [0.25, 0.3) is 0 Å². The van der Waals surface area contributed by atoms with Crippen molar-refractivity contribution in [3.8, 4) is 0 Å². The second-order valence-electron chi connectivity index (χ2n) is 4.61. The Morgan fingerprint density at radius 3 is 2.78 bits per heavy atom. The van der Waals surface area contributed by atoms with E-state index in [9.17, 15) is 4.79 Å². The van der Waals surface area contributed by atoms with Crippen molar-refractivity contribution in [3.63, 3.8) is 0 Å². The molecule has 1 aliphatic rings. The minimum Gasteiger partial charge on any atom is -0.329 e. The number of nitrogens with two attached hydrogens (primary N) is 1. The zero-order chi connectivity index (χ0) is 13.0. The van der Waals surface area contributed by atoms with Crippen LogP contribution in [0.1, 0.15) is 0 Å². The molecule has 0 aliphatic carbocycles. The fraction of sp³-hybridized carbons (Fsp3) is 0.462. The Labute approximate surface area is 108 Å². The van der Waals surface area contributed by atoms with Crippen LogP contribution in [-0.4, -0.2) is 55.1 Å². The van der Waals surface area contributed by atoms with Crippen molar-refractivity contribution >= 4 is 11.7 Å². The molecule has 1 saturated heterocycles. The van der Waals surface area contributed by atoms with Crippen molar-refractivity contribution in [3.05, 3.63) is 30.3 Å². The molecule has 2 rings (SSSR count). The van der Waals surface area contributed by atoms with Crippen LogP contribution >= 0.6 is 0 Å². The maximum Gasteiger partial charge on any atom is 0.321 e. The van der Waals surface area contributed by atoms with E-state index in [4.69, 9.17) is 5.73 Å². The summed E-state index contributed by atoms with van der Waals surface area (Å²) in [6.07, 6.45) is 0. The summed E-state index contributed by atoms with van der Waals surface area (Å²) in [5.41, 5.74) is 6.53. The molecule has 1 heterocycles. The maximum atomic E-state index is 12.1. The number of carbonyl (C=O) groups is 1. The molecule has 1 unspecified atom stereocenters. The van der Waals surface area contributed by atoms with Crippen LogP contribution in [0.25, 0.3) is 0 Å². The van der Waals surface area contributed by atoms with Crippen LogP contribution in [0.4, 0.5) is 10.5 Å². The molecule has 5 heteroatoms. The number of anilines is 1. The van der Waals surface area contributed by atoms with E-state index >= 15 is 0 Å². The highest BCUT2D eigenvalue weighted by molar-refractivity contribution is 5.89. The van der Waals surface area contributed by atoms with Crippen molar-refractivity contribution in [2.45, 2.75) is 6.04 Å². The summed E-state index contributed by atoms with van der Waals surface area (Å²) in [5.74, 6) is 0. The number of hydrogen-bond donors (Lipinski definition) is 2. The van der Waals surface area contributed by atoms with Gasteiger partial charge < -0.3 is 16.0 Å². The molecular formula is C13H20N4O. The number of hydrogen-bond acceptors (Lipinski definition) is 3. The summed E-state index contributed by atoms with van der Waals surface area (Å²) in [6.45, 7) is 2.87. The largest absolute Gasteiger partial charge is 0.329 e. The predicted octanol–water partition coefficient (Wildman–Crippen LogP) is 0.793. The molecule has 1 aromatic carbocycles. The lowest BCUT2D eigenvalue weighted by atomic mass is 10.2. The lowest BCUT2D eigenvalue weighted by molar-refractivity contribution is 0.120. The van der Waals surface area contributed by atoms with Gasteiger partial charge in [0, 0.05) is 37.9 Å². The first-order valence-corrected chi connectivity index (χ1v) is 6.22. The molecule has 0 saturated carbocycles. The van der Waals surface area contributed by atoms with E-state index in [1.807, 2.05) is 42.3 Å². The van der Waals surface area contributed by atoms with Crippen LogP contribution in [0, 0.1) is 0 Å². The van der Waals surface area contributed by atoms with Gasteiger partial charge in [0.2, 0.25) is 0 Å². The van der Waals surface area contributed by atoms with Gasteiger partial charge in [-0.3, -0.25) is 4.90 Å². The Bertz CT molecular complexity index is 395. The number of rotatable bonds is 2. The zero-order valence-electron chi connectivity index (χ0n) is 10.7. The van der Waals surface area contributed by atoms with Gasteiger partial charge in [-0.1, -0.05) is 18.2 Å². The van der Waals surface area contributed by atoms with E-state index < -0.39 is 0 Å². The van der Waals surface area contributed by atoms with E-state index in [2.05, 4.69) is 10.2 Å². The zero-order valence-corrected chi connectivity index (χ0v) is 10.7. The number of urea groups is 1. The summed E-state index contributed by atoms with van der Waals surface area (Å²) in [4.78, 5) is 16.1. The number of amides is 2. The van der Waals surface area contributed by atoms with Gasteiger partial charge in [-0.05, 0) is 19.2 Å². The molecule has 1 aromatic rings. The highest BCUT2D eigenvalue weighted by Gasteiger charge is 2.26. The van der Waals surface area contributed by atoms with Crippen molar-refractivity contribution in [1.29, 1.82) is 0 Å². The predicted molar refractivity (Wildman–Crippen MR) is 72.5 cm³/mol. The third kappa shape index (κ3) is 3.00. The van der Waals surface area contributed by atoms with E-state index in [0.717, 1.165) is 18.8 Å². The topological polar surface area (TPSA) is 61.6 Å². The molecule has 5 nitrogen and oxygen atoms in total. The summed E-state index contributed by atoms with van der Waals surface area (Å²) >= 11 is 0. The number of benzene rings is 1. The Morgan fingerprint density at radius 1 is 1.39 bits per heavy atom. The van der Waals surface area contributed by atoms with Gasteiger partial charge in [-0.15, -0.1) is 0 Å². The van der Waals surface area contributed by atoms with Crippen LogP contribution in [-0.2, 0) is 0 Å². The van der Waals surface area contributed by atoms with Crippen molar-refractivity contribution in [2.75, 3.05) is 38.5 Å². The number of piperazine rings is 1. The van der Waals surface area contributed by atoms with Gasteiger partial charge in [0.1, 0.15) is 0 Å². The van der Waals surface area contributed by atoms with Gasteiger partial charge in [0.15, 0.2) is 0 Å². The Kier molecular flexibility index (Phi) is 4.17. The van der Waals surface area contributed by atoms with E-state index in [1.165, 1.54) is 0 Å². The Morgan fingerprint density at radius 2 is 2.11 bits per heavy atom. The quantitative estimate of drug-likeness (QED) is 0.813. The normalized spacial score (nSPS) is 20.8. The number of nitrogens with one attached hydrogen (secondary N) is 1. The van der Waals surface area contributed by atoms with Crippen molar-refractivity contribution < 1.29 is 4.79 Å². The Hall–Kier alpha value is -1.59. The Balaban J connectivity index is 1.93. The fourth-order valence-electron chi connectivity index (χ4n) is 2.11. The third-order valence-corrected chi connectivity index (χ3v) is 3.36. The number of nitrogens with zero attached hydrogens (tertiary/aromatic N) is 2. The van der Waals surface area contributed by atoms with E-state index in [0.29, 0.717) is 13.1 Å². The second-order valence-corrected chi connectivity index (χ2v) is 4.61. The molecule has 3 N–H and O–H groups in total. The molecule has 2 amide bonds. The third-order valence-electron chi connectivity index (χ3n) is 3.36. The molecule has 1 fully saturated rings. The lowest BCUT2D eigenvalue weighted by Crippen LogP contribution is -2.56. The highest BCUT2D eigenvalue weighted by Crippen LogP contribution is 2.10. The minimum atomic E-state index is -0.0484. The van der Waals surface area contributed by atoms with Crippen molar-refractivity contribution in [1.82, 2.24) is 9.80 Å². The van der Waals surface area contributed by atoms with E-state index in [1.54, 1.807) is 0 Å². The maximum absolute atomic E-state index is 12.1. The van der Waals surface area contributed by atoms with Gasteiger partial charge in [-0.25, -0.2) is 4.79 Å². The fourth-order valence-corrected chi connectivity index (χ4v) is 2.11. The van der Waals surface area contributed by atoms with Gasteiger partial charge in [0.05, 0.1) is 0 Å². The van der Waals surface area contributed by atoms with Crippen LogP contribution in [0.2, 0.25) is 0 Å². The first kappa shape index (κ1) is 12.9. The number of carbonyl (C=O) groups excluding carboxylic acids is 1. The van der Waals surface area contributed by atoms with Crippen LogP contribution in [0.5, 0.6) is 0 Å². The summed E-state index contributed by atoms with van der Waals surface area (Å²) in [5, 5.41) is 2.90. The molecule has 0 radical (unpaired) electrons. The smallest absolute Gasteiger partial charge is 0.321 e. The van der Waals surface area contributed by atoms with Crippen LogP contribution < -0.4 is 11.1 Å². The van der Waals surface area contributed by atoms with Crippen molar-refractivity contribution in [2.24, 2.45) is 5.73 Å². The molecule has 0 bridgehead atoms. The van der Waals surface area contributed by atoms with Gasteiger partial charge in [-0.2, -0.15) is 0 Å². The highest BCUT2D eigenvalue weighted by atomic mass is 16.2. The van der Waals surface area contributed by atoms with Gasteiger partial charge >= 0.3 is 6.03 Å². The minimum absolute atomic E-state index is 0.0484. The summed E-state index contributed by atoms with van der Waals surface area (Å²) in [7, 11) is 2.05.